The first kappa shape index (κ1) is 17.1. The minimum atomic E-state index is 0.310. The van der Waals surface area contributed by atoms with Crippen molar-refractivity contribution in [3.63, 3.8) is 0 Å². The number of benzene rings is 1. The van der Waals surface area contributed by atoms with E-state index in [1.54, 1.807) is 0 Å². The van der Waals surface area contributed by atoms with Gasteiger partial charge in [-0.3, -0.25) is 0 Å². The molecule has 0 unspecified atom stereocenters. The Bertz CT molecular complexity index is 825. The number of ether oxygens (including phenoxy) is 2. The molecule has 1 heterocycles. The van der Waals surface area contributed by atoms with Crippen LogP contribution in [0.1, 0.15) is 43.5 Å². The van der Waals surface area contributed by atoms with Gasteiger partial charge in [0.1, 0.15) is 17.5 Å². The molecule has 0 saturated carbocycles. The molecule has 0 saturated heterocycles. The van der Waals surface area contributed by atoms with E-state index in [4.69, 9.17) is 15.2 Å². The van der Waals surface area contributed by atoms with Crippen molar-refractivity contribution in [3.8, 4) is 28.7 Å². The van der Waals surface area contributed by atoms with Gasteiger partial charge in [-0.1, -0.05) is 6.07 Å². The van der Waals surface area contributed by atoms with Crippen molar-refractivity contribution >= 4 is 5.82 Å². The summed E-state index contributed by atoms with van der Waals surface area (Å²) in [4.78, 5) is 4.48. The van der Waals surface area contributed by atoms with Gasteiger partial charge in [0.15, 0.2) is 11.5 Å². The van der Waals surface area contributed by atoms with Gasteiger partial charge in [0.2, 0.25) is 0 Å². The first-order valence-electron chi connectivity index (χ1n) is 8.80. The van der Waals surface area contributed by atoms with Crippen LogP contribution in [0.15, 0.2) is 18.2 Å². The number of rotatable bonds is 5. The Morgan fingerprint density at radius 2 is 1.84 bits per heavy atom. The number of hydrogen-bond acceptors (Lipinski definition) is 5. The van der Waals surface area contributed by atoms with Gasteiger partial charge in [-0.25, -0.2) is 4.98 Å². The fourth-order valence-corrected chi connectivity index (χ4v) is 3.40. The molecule has 0 atom stereocenters. The minimum absolute atomic E-state index is 0.310. The van der Waals surface area contributed by atoms with Crippen molar-refractivity contribution in [1.29, 1.82) is 5.26 Å². The van der Waals surface area contributed by atoms with E-state index < -0.39 is 0 Å². The number of pyridine rings is 1. The highest BCUT2D eigenvalue weighted by molar-refractivity contribution is 5.80. The number of hydrogen-bond donors (Lipinski definition) is 1. The lowest BCUT2D eigenvalue weighted by molar-refractivity contribution is 0.288. The molecular weight excluding hydrogens is 314 g/mol. The molecule has 5 nitrogen and oxygen atoms in total. The zero-order chi connectivity index (χ0) is 17.8. The summed E-state index contributed by atoms with van der Waals surface area (Å²) in [7, 11) is 0. The number of nitrogens with zero attached hydrogens (tertiary/aromatic N) is 2. The number of nitriles is 1. The average molecular weight is 337 g/mol. The van der Waals surface area contributed by atoms with Crippen molar-refractivity contribution < 1.29 is 9.47 Å². The molecule has 0 aliphatic heterocycles. The van der Waals surface area contributed by atoms with Crippen molar-refractivity contribution in [1.82, 2.24) is 4.98 Å². The molecule has 3 rings (SSSR count). The SMILES string of the molecule is CCOc1ccc(-c2c(C#N)c(N)nc3c2CCCC3)cc1OCC. The zero-order valence-corrected chi connectivity index (χ0v) is 14.8. The summed E-state index contributed by atoms with van der Waals surface area (Å²) in [6.45, 7) is 5.00. The van der Waals surface area contributed by atoms with Gasteiger partial charge in [0.05, 0.1) is 13.2 Å². The molecule has 1 aliphatic rings. The van der Waals surface area contributed by atoms with Gasteiger partial charge in [-0.05, 0) is 62.8 Å². The van der Waals surface area contributed by atoms with Crippen molar-refractivity contribution in [2.45, 2.75) is 39.5 Å². The van der Waals surface area contributed by atoms with Crippen LogP contribution in [0, 0.1) is 11.3 Å². The van der Waals surface area contributed by atoms with E-state index in [1.807, 2.05) is 32.0 Å². The van der Waals surface area contributed by atoms with E-state index in [0.29, 0.717) is 36.1 Å². The second-order valence-corrected chi connectivity index (χ2v) is 6.02. The van der Waals surface area contributed by atoms with Gasteiger partial charge < -0.3 is 15.2 Å². The van der Waals surface area contributed by atoms with Gasteiger partial charge >= 0.3 is 0 Å². The van der Waals surface area contributed by atoms with Gasteiger partial charge in [-0.2, -0.15) is 5.26 Å². The molecule has 2 N–H and O–H groups in total. The average Bonchev–Trinajstić information content (AvgIpc) is 2.62. The molecule has 0 radical (unpaired) electrons. The van der Waals surface area contributed by atoms with Crippen LogP contribution in [0.3, 0.4) is 0 Å². The standard InChI is InChI=1S/C20H23N3O2/c1-3-24-17-10-9-13(11-18(17)25-4-2)19-14-7-5-6-8-16(14)23-20(22)15(19)12-21/h9-11H,3-8H2,1-2H3,(H2,22,23). The number of anilines is 1. The molecule has 25 heavy (non-hydrogen) atoms. The quantitative estimate of drug-likeness (QED) is 0.895. The summed E-state index contributed by atoms with van der Waals surface area (Å²) in [6, 6.07) is 8.06. The molecule has 0 amide bonds. The summed E-state index contributed by atoms with van der Waals surface area (Å²) >= 11 is 0. The van der Waals surface area contributed by atoms with E-state index in [2.05, 4.69) is 11.1 Å². The monoisotopic (exact) mass is 337 g/mol. The smallest absolute Gasteiger partial charge is 0.161 e. The van der Waals surface area contributed by atoms with Gasteiger partial charge in [0, 0.05) is 11.3 Å². The normalized spacial score (nSPS) is 13.0. The molecule has 130 valence electrons. The van der Waals surface area contributed by atoms with E-state index in [0.717, 1.165) is 48.1 Å². The van der Waals surface area contributed by atoms with Crippen LogP contribution in [0.4, 0.5) is 5.82 Å². The molecular formula is C20H23N3O2. The summed E-state index contributed by atoms with van der Waals surface area (Å²) in [5.41, 5.74) is 10.5. The zero-order valence-electron chi connectivity index (χ0n) is 14.8. The molecule has 5 heteroatoms. The van der Waals surface area contributed by atoms with Crippen molar-refractivity contribution in [2.24, 2.45) is 0 Å². The van der Waals surface area contributed by atoms with Crippen LogP contribution >= 0.6 is 0 Å². The predicted octanol–water partition coefficient (Wildman–Crippen LogP) is 3.88. The topological polar surface area (TPSA) is 81.2 Å². The van der Waals surface area contributed by atoms with Crippen LogP contribution in [0.25, 0.3) is 11.1 Å². The maximum atomic E-state index is 9.65. The summed E-state index contributed by atoms with van der Waals surface area (Å²) in [6.07, 6.45) is 4.04. The Morgan fingerprint density at radius 1 is 1.12 bits per heavy atom. The molecule has 1 aromatic heterocycles. The number of aromatic nitrogens is 1. The second-order valence-electron chi connectivity index (χ2n) is 6.02. The summed E-state index contributed by atoms with van der Waals surface area (Å²) < 4.78 is 11.4. The van der Waals surface area contributed by atoms with Crippen LogP contribution in [0.2, 0.25) is 0 Å². The Labute approximate surface area is 148 Å². The van der Waals surface area contributed by atoms with Crippen molar-refractivity contribution in [2.75, 3.05) is 18.9 Å². The molecule has 1 aromatic carbocycles. The molecule has 2 aromatic rings. The lowest BCUT2D eigenvalue weighted by atomic mass is 9.86. The fraction of sp³-hybridized carbons (Fsp3) is 0.400. The van der Waals surface area contributed by atoms with Crippen LogP contribution in [0.5, 0.6) is 11.5 Å². The first-order chi connectivity index (χ1) is 12.2. The third-order valence-electron chi connectivity index (χ3n) is 4.45. The predicted molar refractivity (Wildman–Crippen MR) is 97.8 cm³/mol. The van der Waals surface area contributed by atoms with Gasteiger partial charge in [0.25, 0.3) is 0 Å². The van der Waals surface area contributed by atoms with Gasteiger partial charge in [-0.15, -0.1) is 0 Å². The molecule has 0 fully saturated rings. The highest BCUT2D eigenvalue weighted by Crippen LogP contribution is 2.39. The Balaban J connectivity index is 2.20. The Hall–Kier alpha value is -2.74. The van der Waals surface area contributed by atoms with Crippen molar-refractivity contribution in [3.05, 3.63) is 35.0 Å². The molecule has 0 spiro atoms. The van der Waals surface area contributed by atoms with Crippen LogP contribution < -0.4 is 15.2 Å². The van der Waals surface area contributed by atoms with E-state index in [-0.39, 0.29) is 0 Å². The third kappa shape index (κ3) is 3.25. The minimum Gasteiger partial charge on any atom is -0.490 e. The first-order valence-corrected chi connectivity index (χ1v) is 8.80. The Morgan fingerprint density at radius 3 is 2.56 bits per heavy atom. The number of aryl methyl sites for hydroxylation is 1. The number of fused-ring (bicyclic) bond motifs is 1. The highest BCUT2D eigenvalue weighted by Gasteiger charge is 2.22. The molecule has 1 aliphatic carbocycles. The summed E-state index contributed by atoms with van der Waals surface area (Å²) in [5.74, 6) is 1.71. The second kappa shape index (κ2) is 7.43. The number of nitrogens with two attached hydrogens (primary N) is 1. The lowest BCUT2D eigenvalue weighted by Gasteiger charge is -2.21. The van der Waals surface area contributed by atoms with E-state index in [9.17, 15) is 5.26 Å². The fourth-order valence-electron chi connectivity index (χ4n) is 3.40. The largest absolute Gasteiger partial charge is 0.490 e. The molecule has 0 bridgehead atoms. The lowest BCUT2D eigenvalue weighted by Crippen LogP contribution is -2.12. The Kier molecular flexibility index (Phi) is 5.08. The van der Waals surface area contributed by atoms with Crippen LogP contribution in [-0.2, 0) is 12.8 Å². The highest BCUT2D eigenvalue weighted by atomic mass is 16.5. The maximum absolute atomic E-state index is 9.65. The van der Waals surface area contributed by atoms with E-state index in [1.165, 1.54) is 0 Å². The third-order valence-corrected chi connectivity index (χ3v) is 4.45. The number of nitrogen functional groups attached to an aromatic ring is 1. The maximum Gasteiger partial charge on any atom is 0.161 e. The van der Waals surface area contributed by atoms with E-state index >= 15 is 0 Å². The van der Waals surface area contributed by atoms with Crippen LogP contribution in [-0.4, -0.2) is 18.2 Å². The summed E-state index contributed by atoms with van der Waals surface area (Å²) in [5, 5.41) is 9.65.